The molecular formula is C25H29N5O2S. The molecule has 0 radical (unpaired) electrons. The molecule has 3 heterocycles. The second kappa shape index (κ2) is 9.21. The van der Waals surface area contributed by atoms with E-state index in [0.717, 1.165) is 59.3 Å². The zero-order chi connectivity index (χ0) is 22.9. The van der Waals surface area contributed by atoms with E-state index in [2.05, 4.69) is 39.3 Å². The van der Waals surface area contributed by atoms with Gasteiger partial charge in [0.15, 0.2) is 0 Å². The fourth-order valence-corrected chi connectivity index (χ4v) is 5.34. The Kier molecular flexibility index (Phi) is 6.14. The number of hydrogen-bond acceptors (Lipinski definition) is 6. The van der Waals surface area contributed by atoms with Gasteiger partial charge in [-0.1, -0.05) is 12.1 Å². The first-order valence-corrected chi connectivity index (χ1v) is 12.2. The van der Waals surface area contributed by atoms with Crippen LogP contribution in [-0.2, 0) is 16.1 Å². The Balaban J connectivity index is 1.19. The van der Waals surface area contributed by atoms with E-state index in [1.54, 1.807) is 16.2 Å². The van der Waals surface area contributed by atoms with E-state index in [9.17, 15) is 9.59 Å². The van der Waals surface area contributed by atoms with E-state index in [1.807, 2.05) is 37.3 Å². The predicted molar refractivity (Wildman–Crippen MR) is 133 cm³/mol. The van der Waals surface area contributed by atoms with E-state index in [4.69, 9.17) is 0 Å². The van der Waals surface area contributed by atoms with Crippen LogP contribution in [0.15, 0.2) is 42.5 Å². The highest BCUT2D eigenvalue weighted by atomic mass is 32.1. The largest absolute Gasteiger partial charge is 0.326 e. The van der Waals surface area contributed by atoms with E-state index in [-0.39, 0.29) is 24.2 Å². The van der Waals surface area contributed by atoms with Gasteiger partial charge in [0.1, 0.15) is 0 Å². The number of rotatable bonds is 5. The van der Waals surface area contributed by atoms with Gasteiger partial charge < -0.3 is 15.1 Å². The lowest BCUT2D eigenvalue weighted by Gasteiger charge is -2.32. The molecule has 0 bridgehead atoms. The van der Waals surface area contributed by atoms with Crippen molar-refractivity contribution in [3.63, 3.8) is 0 Å². The average Bonchev–Trinajstić information content (AvgIpc) is 3.37. The molecule has 2 aromatic carbocycles. The molecule has 1 aromatic heterocycles. The van der Waals surface area contributed by atoms with Crippen molar-refractivity contribution in [2.75, 3.05) is 50.0 Å². The lowest BCUT2D eigenvalue weighted by atomic mass is 10.1. The summed E-state index contributed by atoms with van der Waals surface area (Å²) in [6, 6.07) is 13.9. The van der Waals surface area contributed by atoms with Gasteiger partial charge in [0.25, 0.3) is 0 Å². The lowest BCUT2D eigenvalue weighted by molar-refractivity contribution is -0.122. The number of fused-ring (bicyclic) bond motifs is 1. The summed E-state index contributed by atoms with van der Waals surface area (Å²) in [7, 11) is 2.16. The quantitative estimate of drug-likeness (QED) is 0.629. The van der Waals surface area contributed by atoms with Crippen molar-refractivity contribution in [2.24, 2.45) is 5.92 Å². The second-order valence-electron chi connectivity index (χ2n) is 9.06. The summed E-state index contributed by atoms with van der Waals surface area (Å²) >= 11 is 1.64. The third-order valence-corrected chi connectivity index (χ3v) is 7.46. The summed E-state index contributed by atoms with van der Waals surface area (Å²) in [4.78, 5) is 36.6. The van der Waals surface area contributed by atoms with Crippen molar-refractivity contribution < 1.29 is 9.59 Å². The number of piperazine rings is 1. The molecule has 5 rings (SSSR count). The molecule has 7 nitrogen and oxygen atoms in total. The number of likely N-dealkylation sites (N-methyl/N-ethyl adjacent to an activating group) is 1. The van der Waals surface area contributed by atoms with Crippen LogP contribution in [0.25, 0.3) is 10.2 Å². The van der Waals surface area contributed by atoms with Crippen molar-refractivity contribution in [2.45, 2.75) is 19.9 Å². The summed E-state index contributed by atoms with van der Waals surface area (Å²) in [6.45, 7) is 7.65. The number of benzene rings is 2. The van der Waals surface area contributed by atoms with E-state index < -0.39 is 0 Å². The average molecular weight is 464 g/mol. The van der Waals surface area contributed by atoms with Crippen molar-refractivity contribution in [1.29, 1.82) is 0 Å². The highest BCUT2D eigenvalue weighted by Crippen LogP contribution is 2.30. The molecule has 2 fully saturated rings. The van der Waals surface area contributed by atoms with Crippen LogP contribution in [0.1, 0.15) is 17.0 Å². The number of aryl methyl sites for hydroxylation is 1. The number of carbonyl (C=O) groups is 2. The van der Waals surface area contributed by atoms with Crippen LogP contribution in [0.4, 0.5) is 11.4 Å². The van der Waals surface area contributed by atoms with Crippen LogP contribution in [0.2, 0.25) is 0 Å². The summed E-state index contributed by atoms with van der Waals surface area (Å²) < 4.78 is 1.10. The maximum Gasteiger partial charge on any atom is 0.229 e. The zero-order valence-electron chi connectivity index (χ0n) is 19.1. The molecule has 2 aliphatic heterocycles. The first-order chi connectivity index (χ1) is 15.9. The van der Waals surface area contributed by atoms with Gasteiger partial charge in [-0.15, -0.1) is 11.3 Å². The van der Waals surface area contributed by atoms with Gasteiger partial charge in [-0.3, -0.25) is 14.5 Å². The van der Waals surface area contributed by atoms with Gasteiger partial charge in [0.2, 0.25) is 11.8 Å². The fraction of sp³-hybridized carbons (Fsp3) is 0.400. The Hall–Kier alpha value is -2.81. The van der Waals surface area contributed by atoms with Crippen LogP contribution >= 0.6 is 11.3 Å². The van der Waals surface area contributed by atoms with Gasteiger partial charge in [-0.25, -0.2) is 4.98 Å². The van der Waals surface area contributed by atoms with E-state index >= 15 is 0 Å². The Morgan fingerprint density at radius 1 is 1.12 bits per heavy atom. The standard InChI is InChI=1S/C25H29N5O2S/c1-17-26-22-14-21(7-8-23(22)33-17)30-16-19(13-24(30)31)25(32)27-20-5-3-18(4-6-20)15-29-11-9-28(2)10-12-29/h3-8,14,19H,9-13,15-16H2,1-2H3,(H,27,32). The molecule has 1 N–H and O–H groups in total. The maximum atomic E-state index is 12.9. The van der Waals surface area contributed by atoms with Crippen molar-refractivity contribution in [3.05, 3.63) is 53.0 Å². The minimum atomic E-state index is -0.365. The molecular weight excluding hydrogens is 434 g/mol. The number of nitrogens with one attached hydrogen (secondary N) is 1. The Labute approximate surface area is 198 Å². The molecule has 0 spiro atoms. The first-order valence-electron chi connectivity index (χ1n) is 11.4. The number of aromatic nitrogens is 1. The molecule has 3 aromatic rings. The van der Waals surface area contributed by atoms with Crippen LogP contribution in [-0.4, -0.2) is 66.4 Å². The molecule has 33 heavy (non-hydrogen) atoms. The topological polar surface area (TPSA) is 68.8 Å². The van der Waals surface area contributed by atoms with Gasteiger partial charge in [-0.05, 0) is 49.9 Å². The Bertz CT molecular complexity index is 1170. The van der Waals surface area contributed by atoms with Crippen LogP contribution in [0.3, 0.4) is 0 Å². The highest BCUT2D eigenvalue weighted by molar-refractivity contribution is 7.18. The van der Waals surface area contributed by atoms with Crippen molar-refractivity contribution >= 4 is 44.7 Å². The monoisotopic (exact) mass is 463 g/mol. The number of anilines is 2. The molecule has 0 saturated carbocycles. The third-order valence-electron chi connectivity index (χ3n) is 6.51. The van der Waals surface area contributed by atoms with Gasteiger partial charge >= 0.3 is 0 Å². The minimum Gasteiger partial charge on any atom is -0.326 e. The number of amides is 2. The number of carbonyl (C=O) groups excluding carboxylic acids is 2. The molecule has 1 atom stereocenters. The molecule has 2 amide bonds. The Morgan fingerprint density at radius 3 is 2.64 bits per heavy atom. The summed E-state index contributed by atoms with van der Waals surface area (Å²) in [5, 5.41) is 4.00. The molecule has 2 saturated heterocycles. The molecule has 8 heteroatoms. The maximum absolute atomic E-state index is 12.9. The fourth-order valence-electron chi connectivity index (χ4n) is 4.53. The number of nitrogens with zero attached hydrogens (tertiary/aromatic N) is 4. The van der Waals surface area contributed by atoms with Crippen molar-refractivity contribution in [1.82, 2.24) is 14.8 Å². The third kappa shape index (κ3) is 4.93. The number of hydrogen-bond donors (Lipinski definition) is 1. The smallest absolute Gasteiger partial charge is 0.229 e. The van der Waals surface area contributed by atoms with E-state index in [1.165, 1.54) is 5.56 Å². The van der Waals surface area contributed by atoms with Gasteiger partial charge in [0.05, 0.1) is 21.1 Å². The van der Waals surface area contributed by atoms with Crippen molar-refractivity contribution in [3.8, 4) is 0 Å². The molecule has 172 valence electrons. The summed E-state index contributed by atoms with van der Waals surface area (Å²) in [6.07, 6.45) is 0.224. The molecule has 0 aliphatic carbocycles. The minimum absolute atomic E-state index is 0.0241. The van der Waals surface area contributed by atoms with Gasteiger partial charge in [0, 0.05) is 57.1 Å². The van der Waals surface area contributed by atoms with Crippen LogP contribution in [0, 0.1) is 12.8 Å². The number of thiazole rings is 1. The summed E-state index contributed by atoms with van der Waals surface area (Å²) in [5.74, 6) is -0.498. The summed E-state index contributed by atoms with van der Waals surface area (Å²) in [5.41, 5.74) is 3.72. The van der Waals surface area contributed by atoms with Crippen LogP contribution < -0.4 is 10.2 Å². The second-order valence-corrected chi connectivity index (χ2v) is 10.3. The Morgan fingerprint density at radius 2 is 1.88 bits per heavy atom. The normalized spacial score (nSPS) is 20.0. The SMILES string of the molecule is Cc1nc2cc(N3CC(C(=O)Nc4ccc(CN5CCN(C)CC5)cc4)CC3=O)ccc2s1. The van der Waals surface area contributed by atoms with E-state index in [0.29, 0.717) is 6.54 Å². The van der Waals surface area contributed by atoms with Crippen LogP contribution in [0.5, 0.6) is 0 Å². The molecule has 2 aliphatic rings. The molecule has 1 unspecified atom stereocenters. The lowest BCUT2D eigenvalue weighted by Crippen LogP contribution is -2.43. The zero-order valence-corrected chi connectivity index (χ0v) is 19.9. The van der Waals surface area contributed by atoms with Gasteiger partial charge in [-0.2, -0.15) is 0 Å². The highest BCUT2D eigenvalue weighted by Gasteiger charge is 2.35. The first kappa shape index (κ1) is 22.0. The predicted octanol–water partition coefficient (Wildman–Crippen LogP) is 3.34.